The average Bonchev–Trinajstić information content (AvgIpc) is 2.42. The summed E-state index contributed by atoms with van der Waals surface area (Å²) in [6, 6.07) is 6.88. The molecular weight excluding hydrogens is 276 g/mol. The number of hydrogen-bond acceptors (Lipinski definition) is 2. The summed E-state index contributed by atoms with van der Waals surface area (Å²) in [5.74, 6) is 0.198. The van der Waals surface area contributed by atoms with Crippen molar-refractivity contribution in [2.75, 3.05) is 13.6 Å². The van der Waals surface area contributed by atoms with Gasteiger partial charge < -0.3 is 10.2 Å². The molecule has 1 aromatic rings. The molecule has 1 aromatic carbocycles. The van der Waals surface area contributed by atoms with Gasteiger partial charge in [0.05, 0.1) is 0 Å². The first-order valence-corrected chi connectivity index (χ1v) is 7.84. The Kier molecular flexibility index (Phi) is 6.60. The third kappa shape index (κ3) is 5.17. The largest absolute Gasteiger partial charge is 0.344 e. The Hall–Kier alpha value is -1.84. The second kappa shape index (κ2) is 7.97. The molecule has 1 atom stereocenters. The zero-order valence-electron chi connectivity index (χ0n) is 14.5. The van der Waals surface area contributed by atoms with Crippen molar-refractivity contribution in [2.45, 2.75) is 40.7 Å². The van der Waals surface area contributed by atoms with Gasteiger partial charge in [0.1, 0.15) is 6.04 Å². The smallest absolute Gasteiger partial charge is 0.251 e. The molecule has 0 aliphatic rings. The van der Waals surface area contributed by atoms with Gasteiger partial charge in [-0.2, -0.15) is 0 Å². The molecule has 22 heavy (non-hydrogen) atoms. The Balaban J connectivity index is 2.84. The minimum Gasteiger partial charge on any atom is -0.344 e. The quantitative estimate of drug-likeness (QED) is 0.878. The summed E-state index contributed by atoms with van der Waals surface area (Å²) in [6.45, 7) is 10.7. The Morgan fingerprint density at radius 2 is 1.82 bits per heavy atom. The van der Waals surface area contributed by atoms with Gasteiger partial charge in [-0.3, -0.25) is 9.59 Å². The second-order valence-electron chi connectivity index (χ2n) is 6.68. The predicted molar refractivity (Wildman–Crippen MR) is 89.7 cm³/mol. The standard InChI is InChI=1S/C18H28N2O2/c1-12(2)11-20(6)18(22)16(13(3)4)19-17(21)15-9-7-8-14(5)10-15/h7-10,12-13,16H,11H2,1-6H3,(H,19,21). The zero-order valence-corrected chi connectivity index (χ0v) is 14.5. The molecule has 0 radical (unpaired) electrons. The number of benzene rings is 1. The summed E-state index contributed by atoms with van der Waals surface area (Å²) in [6.07, 6.45) is 0. The van der Waals surface area contributed by atoms with Crippen molar-refractivity contribution in [3.05, 3.63) is 35.4 Å². The van der Waals surface area contributed by atoms with Crippen molar-refractivity contribution in [1.29, 1.82) is 0 Å². The van der Waals surface area contributed by atoms with Crippen molar-refractivity contribution in [1.82, 2.24) is 10.2 Å². The van der Waals surface area contributed by atoms with Gasteiger partial charge in [-0.15, -0.1) is 0 Å². The molecule has 0 saturated heterocycles. The fourth-order valence-corrected chi connectivity index (χ4v) is 2.40. The highest BCUT2D eigenvalue weighted by Gasteiger charge is 2.27. The van der Waals surface area contributed by atoms with E-state index in [0.717, 1.165) is 5.56 Å². The van der Waals surface area contributed by atoms with Crippen LogP contribution >= 0.6 is 0 Å². The molecule has 122 valence electrons. The van der Waals surface area contributed by atoms with E-state index in [0.29, 0.717) is 18.0 Å². The van der Waals surface area contributed by atoms with E-state index < -0.39 is 6.04 Å². The third-order valence-corrected chi connectivity index (χ3v) is 3.51. The maximum Gasteiger partial charge on any atom is 0.251 e. The van der Waals surface area contributed by atoms with Gasteiger partial charge >= 0.3 is 0 Å². The number of rotatable bonds is 6. The van der Waals surface area contributed by atoms with E-state index in [9.17, 15) is 9.59 Å². The van der Waals surface area contributed by atoms with E-state index in [1.54, 1.807) is 18.0 Å². The van der Waals surface area contributed by atoms with Crippen LogP contribution in [0.4, 0.5) is 0 Å². The van der Waals surface area contributed by atoms with E-state index in [1.165, 1.54) is 0 Å². The molecule has 0 fully saturated rings. The van der Waals surface area contributed by atoms with E-state index in [-0.39, 0.29) is 17.7 Å². The van der Waals surface area contributed by atoms with Gasteiger partial charge in [-0.25, -0.2) is 0 Å². The van der Waals surface area contributed by atoms with Crippen LogP contribution < -0.4 is 5.32 Å². The predicted octanol–water partition coefficient (Wildman–Crippen LogP) is 2.86. The number of likely N-dealkylation sites (N-methyl/N-ethyl adjacent to an activating group) is 1. The Morgan fingerprint density at radius 1 is 1.18 bits per heavy atom. The molecule has 1 N–H and O–H groups in total. The molecule has 0 saturated carbocycles. The first kappa shape index (κ1) is 18.2. The fourth-order valence-electron chi connectivity index (χ4n) is 2.40. The Labute approximate surface area is 133 Å². The van der Waals surface area contributed by atoms with Crippen LogP contribution in [-0.4, -0.2) is 36.3 Å². The summed E-state index contributed by atoms with van der Waals surface area (Å²) in [4.78, 5) is 26.6. The van der Waals surface area contributed by atoms with Crippen molar-refractivity contribution in [3.8, 4) is 0 Å². The van der Waals surface area contributed by atoms with Crippen LogP contribution in [0.15, 0.2) is 24.3 Å². The Morgan fingerprint density at radius 3 is 2.32 bits per heavy atom. The highest BCUT2D eigenvalue weighted by atomic mass is 16.2. The molecule has 4 nitrogen and oxygen atoms in total. The monoisotopic (exact) mass is 304 g/mol. The molecule has 0 bridgehead atoms. The van der Waals surface area contributed by atoms with Gasteiger partial charge in [-0.05, 0) is 30.9 Å². The number of hydrogen-bond donors (Lipinski definition) is 1. The molecule has 0 spiro atoms. The summed E-state index contributed by atoms with van der Waals surface area (Å²) >= 11 is 0. The van der Waals surface area contributed by atoms with Crippen molar-refractivity contribution in [2.24, 2.45) is 11.8 Å². The number of amides is 2. The minimum atomic E-state index is -0.503. The van der Waals surface area contributed by atoms with Crippen molar-refractivity contribution in [3.63, 3.8) is 0 Å². The van der Waals surface area contributed by atoms with Crippen LogP contribution in [-0.2, 0) is 4.79 Å². The maximum absolute atomic E-state index is 12.6. The molecule has 1 rings (SSSR count). The SMILES string of the molecule is Cc1cccc(C(=O)NC(C(=O)N(C)CC(C)C)C(C)C)c1. The molecule has 0 aromatic heterocycles. The lowest BCUT2D eigenvalue weighted by atomic mass is 10.0. The van der Waals surface area contributed by atoms with Crippen molar-refractivity contribution >= 4 is 11.8 Å². The molecular formula is C18H28N2O2. The summed E-state index contributed by atoms with van der Waals surface area (Å²) in [7, 11) is 1.79. The van der Waals surface area contributed by atoms with Crippen LogP contribution in [0, 0.1) is 18.8 Å². The minimum absolute atomic E-state index is 0.0373. The highest BCUT2D eigenvalue weighted by Crippen LogP contribution is 2.10. The van der Waals surface area contributed by atoms with E-state index in [4.69, 9.17) is 0 Å². The lowest BCUT2D eigenvalue weighted by Crippen LogP contribution is -2.50. The van der Waals surface area contributed by atoms with E-state index >= 15 is 0 Å². The molecule has 1 unspecified atom stereocenters. The van der Waals surface area contributed by atoms with Gasteiger partial charge in [-0.1, -0.05) is 45.4 Å². The van der Waals surface area contributed by atoms with Crippen LogP contribution in [0.3, 0.4) is 0 Å². The lowest BCUT2D eigenvalue weighted by molar-refractivity contribution is -0.133. The van der Waals surface area contributed by atoms with Gasteiger partial charge in [0.25, 0.3) is 5.91 Å². The summed E-state index contributed by atoms with van der Waals surface area (Å²) in [5, 5.41) is 2.88. The molecule has 0 aliphatic carbocycles. The number of aryl methyl sites for hydroxylation is 1. The lowest BCUT2D eigenvalue weighted by Gasteiger charge is -2.28. The number of carbonyl (C=O) groups is 2. The first-order valence-electron chi connectivity index (χ1n) is 7.84. The number of carbonyl (C=O) groups excluding carboxylic acids is 2. The van der Waals surface area contributed by atoms with Gasteiger partial charge in [0, 0.05) is 19.2 Å². The summed E-state index contributed by atoms with van der Waals surface area (Å²) < 4.78 is 0. The first-order chi connectivity index (χ1) is 10.2. The van der Waals surface area contributed by atoms with Crippen LogP contribution in [0.5, 0.6) is 0 Å². The van der Waals surface area contributed by atoms with Crippen LogP contribution in [0.1, 0.15) is 43.6 Å². The van der Waals surface area contributed by atoms with Gasteiger partial charge in [0.15, 0.2) is 0 Å². The molecule has 2 amide bonds. The second-order valence-corrected chi connectivity index (χ2v) is 6.68. The van der Waals surface area contributed by atoms with Gasteiger partial charge in [0.2, 0.25) is 5.91 Å². The third-order valence-electron chi connectivity index (χ3n) is 3.51. The highest BCUT2D eigenvalue weighted by molar-refractivity contribution is 5.97. The molecule has 0 heterocycles. The maximum atomic E-state index is 12.6. The molecule has 0 aliphatic heterocycles. The Bertz CT molecular complexity index is 524. The van der Waals surface area contributed by atoms with E-state index in [2.05, 4.69) is 19.2 Å². The zero-order chi connectivity index (χ0) is 16.9. The number of nitrogens with one attached hydrogen (secondary N) is 1. The summed E-state index contributed by atoms with van der Waals surface area (Å²) in [5.41, 5.74) is 1.61. The molecule has 4 heteroatoms. The normalized spacial score (nSPS) is 12.4. The number of nitrogens with zero attached hydrogens (tertiary/aromatic N) is 1. The topological polar surface area (TPSA) is 49.4 Å². The average molecular weight is 304 g/mol. The van der Waals surface area contributed by atoms with Crippen LogP contribution in [0.25, 0.3) is 0 Å². The van der Waals surface area contributed by atoms with E-state index in [1.807, 2.05) is 39.0 Å². The van der Waals surface area contributed by atoms with Crippen LogP contribution in [0.2, 0.25) is 0 Å². The van der Waals surface area contributed by atoms with Crippen molar-refractivity contribution < 1.29 is 9.59 Å². The fraction of sp³-hybridized carbons (Fsp3) is 0.556.